The lowest BCUT2D eigenvalue weighted by atomic mass is 10.1. The molecule has 114 valence electrons. The Labute approximate surface area is 134 Å². The number of fused-ring (bicyclic) bond motifs is 1. The molecule has 1 aliphatic rings. The second-order valence-electron chi connectivity index (χ2n) is 5.15. The molecule has 5 heteroatoms. The minimum atomic E-state index is -0.648. The molecule has 0 spiro atoms. The SMILES string of the molecule is C[C@@H](NC(=O)[C@H]1COc2ccccc2O1)c1ccc(Cl)cc1. The molecule has 1 N–H and O–H groups in total. The van der Waals surface area contributed by atoms with Gasteiger partial charge in [0.25, 0.3) is 5.91 Å². The minimum Gasteiger partial charge on any atom is -0.485 e. The van der Waals surface area contributed by atoms with E-state index in [9.17, 15) is 4.79 Å². The van der Waals surface area contributed by atoms with Gasteiger partial charge in [-0.25, -0.2) is 0 Å². The molecule has 0 aliphatic carbocycles. The molecule has 0 saturated carbocycles. The van der Waals surface area contributed by atoms with E-state index in [-0.39, 0.29) is 18.6 Å². The number of benzene rings is 2. The molecular weight excluding hydrogens is 302 g/mol. The Morgan fingerprint density at radius 2 is 1.86 bits per heavy atom. The van der Waals surface area contributed by atoms with Gasteiger partial charge in [-0.2, -0.15) is 0 Å². The maximum absolute atomic E-state index is 12.3. The first-order valence-electron chi connectivity index (χ1n) is 7.08. The molecule has 0 unspecified atom stereocenters. The van der Waals surface area contributed by atoms with Gasteiger partial charge in [0.05, 0.1) is 6.04 Å². The Hall–Kier alpha value is -2.20. The fourth-order valence-corrected chi connectivity index (χ4v) is 2.42. The topological polar surface area (TPSA) is 47.6 Å². The van der Waals surface area contributed by atoms with Crippen molar-refractivity contribution in [3.63, 3.8) is 0 Å². The molecule has 4 nitrogen and oxygen atoms in total. The molecule has 2 aromatic rings. The first-order chi connectivity index (χ1) is 10.6. The quantitative estimate of drug-likeness (QED) is 0.944. The van der Waals surface area contributed by atoms with E-state index in [0.717, 1.165) is 5.56 Å². The number of hydrogen-bond acceptors (Lipinski definition) is 3. The predicted molar refractivity (Wildman–Crippen MR) is 84.4 cm³/mol. The van der Waals surface area contributed by atoms with Crippen molar-refractivity contribution >= 4 is 17.5 Å². The highest BCUT2D eigenvalue weighted by Crippen LogP contribution is 2.31. The number of para-hydroxylation sites is 2. The number of halogens is 1. The lowest BCUT2D eigenvalue weighted by molar-refractivity contribution is -0.131. The van der Waals surface area contributed by atoms with Crippen LogP contribution in [-0.2, 0) is 4.79 Å². The number of ether oxygens (including phenoxy) is 2. The number of hydrogen-bond donors (Lipinski definition) is 1. The normalized spacial score (nSPS) is 17.6. The van der Waals surface area contributed by atoms with Crippen molar-refractivity contribution in [3.8, 4) is 11.5 Å². The summed E-state index contributed by atoms with van der Waals surface area (Å²) in [5, 5.41) is 3.60. The molecule has 3 rings (SSSR count). The van der Waals surface area contributed by atoms with Gasteiger partial charge in [0.15, 0.2) is 11.5 Å². The Kier molecular flexibility index (Phi) is 4.20. The van der Waals surface area contributed by atoms with Crippen LogP contribution < -0.4 is 14.8 Å². The molecule has 0 aromatic heterocycles. The number of nitrogens with one attached hydrogen (secondary N) is 1. The van der Waals surface area contributed by atoms with Crippen LogP contribution in [0.15, 0.2) is 48.5 Å². The zero-order valence-corrected chi connectivity index (χ0v) is 12.8. The van der Waals surface area contributed by atoms with Gasteiger partial charge < -0.3 is 14.8 Å². The molecular formula is C17H16ClNO3. The van der Waals surface area contributed by atoms with Crippen LogP contribution in [0.3, 0.4) is 0 Å². The summed E-state index contributed by atoms with van der Waals surface area (Å²) in [6.45, 7) is 2.12. The fourth-order valence-electron chi connectivity index (χ4n) is 2.29. The molecule has 1 amide bonds. The standard InChI is InChI=1S/C17H16ClNO3/c1-11(12-6-8-13(18)9-7-12)19-17(20)16-10-21-14-4-2-3-5-15(14)22-16/h2-9,11,16H,10H2,1H3,(H,19,20)/t11-,16-/m1/s1. The summed E-state index contributed by atoms with van der Waals surface area (Å²) < 4.78 is 11.2. The molecule has 0 saturated heterocycles. The highest BCUT2D eigenvalue weighted by Gasteiger charge is 2.28. The third kappa shape index (κ3) is 3.17. The highest BCUT2D eigenvalue weighted by molar-refractivity contribution is 6.30. The average Bonchev–Trinajstić information content (AvgIpc) is 2.55. The van der Waals surface area contributed by atoms with Crippen molar-refractivity contribution in [1.29, 1.82) is 0 Å². The fraction of sp³-hybridized carbons (Fsp3) is 0.235. The van der Waals surface area contributed by atoms with E-state index in [4.69, 9.17) is 21.1 Å². The summed E-state index contributed by atoms with van der Waals surface area (Å²) in [5.74, 6) is 1.06. The van der Waals surface area contributed by atoms with Crippen molar-refractivity contribution in [2.24, 2.45) is 0 Å². The van der Waals surface area contributed by atoms with Crippen molar-refractivity contribution in [2.75, 3.05) is 6.61 Å². The second-order valence-corrected chi connectivity index (χ2v) is 5.58. The number of carbonyl (C=O) groups is 1. The highest BCUT2D eigenvalue weighted by atomic mass is 35.5. The molecule has 0 radical (unpaired) electrons. The zero-order chi connectivity index (χ0) is 15.5. The van der Waals surface area contributed by atoms with Gasteiger partial charge in [-0.1, -0.05) is 35.9 Å². The van der Waals surface area contributed by atoms with Crippen molar-refractivity contribution < 1.29 is 14.3 Å². The summed E-state index contributed by atoms with van der Waals surface area (Å²) in [4.78, 5) is 12.3. The Balaban J connectivity index is 1.64. The summed E-state index contributed by atoms with van der Waals surface area (Å²) >= 11 is 5.87. The Bertz CT molecular complexity index is 672. The van der Waals surface area contributed by atoms with Crippen LogP contribution in [0.2, 0.25) is 5.02 Å². The largest absolute Gasteiger partial charge is 0.485 e. The van der Waals surface area contributed by atoms with Gasteiger partial charge in [0.2, 0.25) is 6.10 Å². The maximum Gasteiger partial charge on any atom is 0.265 e. The van der Waals surface area contributed by atoms with Gasteiger partial charge in [-0.3, -0.25) is 4.79 Å². The van der Waals surface area contributed by atoms with E-state index in [2.05, 4.69) is 5.32 Å². The smallest absolute Gasteiger partial charge is 0.265 e. The molecule has 2 atom stereocenters. The van der Waals surface area contributed by atoms with Crippen LogP contribution in [0.5, 0.6) is 11.5 Å². The molecule has 1 aliphatic heterocycles. The van der Waals surface area contributed by atoms with E-state index in [1.54, 1.807) is 18.2 Å². The summed E-state index contributed by atoms with van der Waals surface area (Å²) in [6.07, 6.45) is -0.648. The number of amides is 1. The predicted octanol–water partition coefficient (Wildman–Crippen LogP) is 3.36. The summed E-state index contributed by atoms with van der Waals surface area (Å²) in [5.41, 5.74) is 0.981. The van der Waals surface area contributed by atoms with Gasteiger partial charge in [-0.15, -0.1) is 0 Å². The lowest BCUT2D eigenvalue weighted by Crippen LogP contribution is -2.44. The number of rotatable bonds is 3. The maximum atomic E-state index is 12.3. The van der Waals surface area contributed by atoms with E-state index < -0.39 is 6.10 Å². The van der Waals surface area contributed by atoms with Crippen LogP contribution in [-0.4, -0.2) is 18.6 Å². The van der Waals surface area contributed by atoms with Crippen molar-refractivity contribution in [3.05, 3.63) is 59.1 Å². The Morgan fingerprint density at radius 3 is 2.59 bits per heavy atom. The first-order valence-corrected chi connectivity index (χ1v) is 7.45. The van der Waals surface area contributed by atoms with E-state index in [1.807, 2.05) is 37.3 Å². The summed E-state index contributed by atoms with van der Waals surface area (Å²) in [6, 6.07) is 14.6. The lowest BCUT2D eigenvalue weighted by Gasteiger charge is -2.26. The van der Waals surface area contributed by atoms with Crippen LogP contribution in [0.4, 0.5) is 0 Å². The molecule has 0 fully saturated rings. The van der Waals surface area contributed by atoms with Gasteiger partial charge in [0, 0.05) is 5.02 Å². The van der Waals surface area contributed by atoms with Crippen LogP contribution in [0.25, 0.3) is 0 Å². The van der Waals surface area contributed by atoms with Crippen molar-refractivity contribution in [1.82, 2.24) is 5.32 Å². The van der Waals surface area contributed by atoms with Crippen LogP contribution in [0, 0.1) is 0 Å². The average molecular weight is 318 g/mol. The van der Waals surface area contributed by atoms with Crippen molar-refractivity contribution in [2.45, 2.75) is 19.1 Å². The zero-order valence-electron chi connectivity index (χ0n) is 12.1. The third-order valence-corrected chi connectivity index (χ3v) is 3.78. The minimum absolute atomic E-state index is 0.134. The first kappa shape index (κ1) is 14.7. The number of carbonyl (C=O) groups excluding carboxylic acids is 1. The van der Waals surface area contributed by atoms with Crippen LogP contribution >= 0.6 is 11.6 Å². The van der Waals surface area contributed by atoms with E-state index in [0.29, 0.717) is 16.5 Å². The Morgan fingerprint density at radius 1 is 1.18 bits per heavy atom. The molecule has 1 heterocycles. The third-order valence-electron chi connectivity index (χ3n) is 3.53. The van der Waals surface area contributed by atoms with Gasteiger partial charge >= 0.3 is 0 Å². The van der Waals surface area contributed by atoms with E-state index in [1.165, 1.54) is 0 Å². The monoisotopic (exact) mass is 317 g/mol. The second kappa shape index (κ2) is 6.28. The van der Waals surface area contributed by atoms with Crippen LogP contribution in [0.1, 0.15) is 18.5 Å². The van der Waals surface area contributed by atoms with Gasteiger partial charge in [-0.05, 0) is 36.8 Å². The van der Waals surface area contributed by atoms with Gasteiger partial charge in [0.1, 0.15) is 6.61 Å². The molecule has 2 aromatic carbocycles. The summed E-state index contributed by atoms with van der Waals surface area (Å²) in [7, 11) is 0. The van der Waals surface area contributed by atoms with E-state index >= 15 is 0 Å². The molecule has 22 heavy (non-hydrogen) atoms. The molecule has 0 bridgehead atoms.